The summed E-state index contributed by atoms with van der Waals surface area (Å²) in [4.78, 5) is 26.1. The van der Waals surface area contributed by atoms with Crippen LogP contribution in [0.5, 0.6) is 0 Å². The van der Waals surface area contributed by atoms with E-state index in [1.54, 1.807) is 6.20 Å². The number of pyridine rings is 2. The van der Waals surface area contributed by atoms with E-state index in [1.807, 2.05) is 6.92 Å². The molecule has 1 atom stereocenters. The number of nitrogens with zero attached hydrogens (tertiary/aromatic N) is 3. The first-order valence-corrected chi connectivity index (χ1v) is 10.00. The maximum atomic E-state index is 14.9. The molecule has 160 valence electrons. The van der Waals surface area contributed by atoms with Gasteiger partial charge >= 0.3 is 5.97 Å². The van der Waals surface area contributed by atoms with Gasteiger partial charge in [-0.15, -0.1) is 0 Å². The van der Waals surface area contributed by atoms with Crippen molar-refractivity contribution >= 4 is 28.5 Å². The number of hydrogen-bond donors (Lipinski definition) is 3. The van der Waals surface area contributed by atoms with Crippen LogP contribution in [-0.4, -0.2) is 32.1 Å². The van der Waals surface area contributed by atoms with Gasteiger partial charge in [-0.1, -0.05) is 19.8 Å². The molecule has 1 aliphatic carbocycles. The van der Waals surface area contributed by atoms with Crippen LogP contribution in [0.4, 0.5) is 20.3 Å². The highest BCUT2D eigenvalue weighted by Gasteiger charge is 2.38. The summed E-state index contributed by atoms with van der Waals surface area (Å²) in [5.41, 5.74) is 0.658. The highest BCUT2D eigenvalue weighted by Crippen LogP contribution is 2.43. The zero-order chi connectivity index (χ0) is 22.2. The molecule has 0 saturated heterocycles. The number of aromatic amines is 1. The van der Waals surface area contributed by atoms with Crippen molar-refractivity contribution in [3.8, 4) is 11.3 Å². The van der Waals surface area contributed by atoms with Crippen LogP contribution in [0.25, 0.3) is 27.1 Å². The smallest absolute Gasteiger partial charge is 0.305 e. The van der Waals surface area contributed by atoms with Crippen LogP contribution < -0.4 is 5.32 Å². The van der Waals surface area contributed by atoms with E-state index in [4.69, 9.17) is 6.57 Å². The lowest BCUT2D eigenvalue weighted by Crippen LogP contribution is -2.39. The number of rotatable bonds is 6. The van der Waals surface area contributed by atoms with Gasteiger partial charge in [-0.3, -0.25) is 4.79 Å². The lowest BCUT2D eigenvalue weighted by molar-refractivity contribution is -0.137. The molecule has 3 heterocycles. The number of carboxylic acids is 1. The number of aliphatic carboxylic acids is 1. The van der Waals surface area contributed by atoms with E-state index in [9.17, 15) is 18.7 Å². The van der Waals surface area contributed by atoms with E-state index in [0.29, 0.717) is 16.6 Å². The highest BCUT2D eigenvalue weighted by molar-refractivity contribution is 5.96. The summed E-state index contributed by atoms with van der Waals surface area (Å²) in [7, 11) is 0. The average molecular weight is 425 g/mol. The number of carboxylic acid groups (broad SMARTS) is 1. The average Bonchev–Trinajstić information content (AvgIpc) is 3.35. The molecule has 0 radical (unpaired) electrons. The number of anilines is 1. The number of nitrogens with one attached hydrogen (secondary N) is 2. The monoisotopic (exact) mass is 425 g/mol. The Balaban J connectivity index is 1.79. The minimum atomic E-state index is -0.984. The van der Waals surface area contributed by atoms with Gasteiger partial charge in [0, 0.05) is 23.2 Å². The zero-order valence-corrected chi connectivity index (χ0v) is 16.9. The van der Waals surface area contributed by atoms with Crippen LogP contribution in [-0.2, 0) is 4.79 Å². The maximum absolute atomic E-state index is 14.9. The van der Waals surface area contributed by atoms with E-state index >= 15 is 0 Å². The van der Waals surface area contributed by atoms with Gasteiger partial charge < -0.3 is 15.4 Å². The van der Waals surface area contributed by atoms with Crippen LogP contribution in [0.2, 0.25) is 0 Å². The van der Waals surface area contributed by atoms with Gasteiger partial charge in [0.25, 0.3) is 0 Å². The molecule has 0 aliphatic heterocycles. The number of fused-ring (bicyclic) bond motifs is 1. The predicted octanol–water partition coefficient (Wildman–Crippen LogP) is 5.29. The molecule has 3 aromatic rings. The van der Waals surface area contributed by atoms with Crippen molar-refractivity contribution in [2.24, 2.45) is 5.41 Å². The summed E-state index contributed by atoms with van der Waals surface area (Å²) in [6.45, 7) is 9.43. The number of hydrogen-bond acceptors (Lipinski definition) is 4. The van der Waals surface area contributed by atoms with Gasteiger partial charge in [-0.2, -0.15) is 0 Å². The summed E-state index contributed by atoms with van der Waals surface area (Å²) in [5.74, 6) is -2.40. The standard InChI is InChI=1S/C22H21F2N5O2/c1-22(5-3-4-6-22)17(9-18(30)31)28-21-15(24)8-16(25-2)19(29-21)14-11-27-20-13(14)7-12(23)10-26-20/h7-8,10-11,17H,3-6,9H2,1H3,(H,26,27)(H,28,29)(H,30,31). The fourth-order valence-electron chi connectivity index (χ4n) is 4.38. The third-order valence-corrected chi connectivity index (χ3v) is 6.11. The Bertz CT molecular complexity index is 1190. The molecule has 1 unspecified atom stereocenters. The fraction of sp³-hybridized carbons (Fsp3) is 0.364. The lowest BCUT2D eigenvalue weighted by Gasteiger charge is -2.34. The van der Waals surface area contributed by atoms with Crippen molar-refractivity contribution in [1.82, 2.24) is 15.0 Å². The van der Waals surface area contributed by atoms with Gasteiger partial charge in [0.05, 0.1) is 24.9 Å². The Morgan fingerprint density at radius 2 is 2.13 bits per heavy atom. The van der Waals surface area contributed by atoms with Crippen molar-refractivity contribution < 1.29 is 18.7 Å². The van der Waals surface area contributed by atoms with Crippen molar-refractivity contribution in [2.45, 2.75) is 45.1 Å². The summed E-state index contributed by atoms with van der Waals surface area (Å²) in [5, 5.41) is 12.8. The summed E-state index contributed by atoms with van der Waals surface area (Å²) < 4.78 is 28.6. The Kier molecular flexibility index (Phi) is 5.31. The van der Waals surface area contributed by atoms with E-state index in [0.717, 1.165) is 37.9 Å². The summed E-state index contributed by atoms with van der Waals surface area (Å²) in [6, 6.07) is 1.81. The van der Waals surface area contributed by atoms with Crippen LogP contribution in [0.1, 0.15) is 39.0 Å². The zero-order valence-electron chi connectivity index (χ0n) is 16.9. The van der Waals surface area contributed by atoms with E-state index in [-0.39, 0.29) is 29.0 Å². The van der Waals surface area contributed by atoms with E-state index in [2.05, 4.69) is 25.1 Å². The summed E-state index contributed by atoms with van der Waals surface area (Å²) in [6.07, 6.45) is 6.07. The molecule has 0 bridgehead atoms. The van der Waals surface area contributed by atoms with Crippen LogP contribution in [0.3, 0.4) is 0 Å². The second kappa shape index (κ2) is 7.95. The van der Waals surface area contributed by atoms with Crippen molar-refractivity contribution in [3.63, 3.8) is 0 Å². The first-order valence-electron chi connectivity index (χ1n) is 10.00. The molecule has 0 spiro atoms. The normalized spacial score (nSPS) is 16.2. The molecule has 9 heteroatoms. The van der Waals surface area contributed by atoms with Crippen LogP contribution >= 0.6 is 0 Å². The lowest BCUT2D eigenvalue weighted by atomic mass is 9.79. The molecular formula is C22H21F2N5O2. The molecule has 31 heavy (non-hydrogen) atoms. The van der Waals surface area contributed by atoms with Crippen molar-refractivity contribution in [2.75, 3.05) is 5.32 Å². The summed E-state index contributed by atoms with van der Waals surface area (Å²) >= 11 is 0. The third-order valence-electron chi connectivity index (χ3n) is 6.11. The molecule has 4 rings (SSSR count). The Labute approximate surface area is 177 Å². The molecule has 1 fully saturated rings. The molecule has 0 aromatic carbocycles. The van der Waals surface area contributed by atoms with Crippen molar-refractivity contribution in [3.05, 3.63) is 47.6 Å². The van der Waals surface area contributed by atoms with Gasteiger partial charge in [-0.05, 0) is 30.4 Å². The van der Waals surface area contributed by atoms with Gasteiger partial charge in [0.2, 0.25) is 5.69 Å². The number of carbonyl (C=O) groups is 1. The minimum Gasteiger partial charge on any atom is -0.481 e. The van der Waals surface area contributed by atoms with Crippen LogP contribution in [0, 0.1) is 23.6 Å². The Morgan fingerprint density at radius 1 is 1.39 bits per heavy atom. The number of H-pyrrole nitrogens is 1. The molecule has 1 saturated carbocycles. The SMILES string of the molecule is [C-]#[N+]c1cc(F)c(NC(CC(=O)O)C2(C)CCCC2)nc1-c1c[nH]c2ncc(F)cc12. The Hall–Kier alpha value is -3.54. The molecule has 1 aliphatic rings. The minimum absolute atomic E-state index is 0.0323. The third kappa shape index (κ3) is 3.93. The molecular weight excluding hydrogens is 404 g/mol. The molecule has 3 aromatic heterocycles. The Morgan fingerprint density at radius 3 is 2.81 bits per heavy atom. The first kappa shape index (κ1) is 20.7. The molecule has 0 amide bonds. The first-order chi connectivity index (χ1) is 14.8. The largest absolute Gasteiger partial charge is 0.481 e. The van der Waals surface area contributed by atoms with Gasteiger partial charge in [0.15, 0.2) is 11.6 Å². The number of aromatic nitrogens is 3. The van der Waals surface area contributed by atoms with Crippen LogP contribution in [0.15, 0.2) is 24.5 Å². The predicted molar refractivity (Wildman–Crippen MR) is 112 cm³/mol. The van der Waals surface area contributed by atoms with E-state index in [1.165, 1.54) is 6.07 Å². The fourth-order valence-corrected chi connectivity index (χ4v) is 4.38. The van der Waals surface area contributed by atoms with E-state index < -0.39 is 23.6 Å². The highest BCUT2D eigenvalue weighted by atomic mass is 19.1. The maximum Gasteiger partial charge on any atom is 0.305 e. The second-order valence-corrected chi connectivity index (χ2v) is 8.21. The molecule has 3 N–H and O–H groups in total. The molecule has 7 nitrogen and oxygen atoms in total. The second-order valence-electron chi connectivity index (χ2n) is 8.21. The number of halogens is 2. The van der Waals surface area contributed by atoms with Gasteiger partial charge in [0.1, 0.15) is 11.5 Å². The van der Waals surface area contributed by atoms with Crippen molar-refractivity contribution in [1.29, 1.82) is 0 Å². The topological polar surface area (TPSA) is 95.3 Å². The quantitative estimate of drug-likeness (QED) is 0.467. The van der Waals surface area contributed by atoms with Gasteiger partial charge in [-0.25, -0.2) is 23.6 Å².